The van der Waals surface area contributed by atoms with Crippen LogP contribution in [-0.4, -0.2) is 31.5 Å². The number of halogens is 1. The number of nitro benzene ring substituents is 1. The highest BCUT2D eigenvalue weighted by Gasteiger charge is 2.39. The molecule has 1 aliphatic heterocycles. The Balaban J connectivity index is 1.54. The Bertz CT molecular complexity index is 1440. The summed E-state index contributed by atoms with van der Waals surface area (Å²) in [6, 6.07) is 14.8. The van der Waals surface area contributed by atoms with Crippen LogP contribution in [0.4, 0.5) is 15.8 Å². The van der Waals surface area contributed by atoms with Gasteiger partial charge in [0, 0.05) is 29.6 Å². The van der Waals surface area contributed by atoms with Crippen LogP contribution in [0, 0.1) is 29.8 Å². The topological polar surface area (TPSA) is 80.7 Å². The number of thioether (sulfide) groups is 1. The summed E-state index contributed by atoms with van der Waals surface area (Å²) >= 11 is 1.27. The summed E-state index contributed by atoms with van der Waals surface area (Å²) in [5, 5.41) is 11.8. The molecule has 9 heteroatoms. The number of carbonyl (C=O) groups excluding carboxylic acids is 1. The monoisotopic (exact) mass is 518 g/mol. The van der Waals surface area contributed by atoms with Gasteiger partial charge in [0.05, 0.1) is 15.5 Å². The molecule has 1 amide bonds. The molecular weight excluding hydrogens is 491 g/mol. The lowest BCUT2D eigenvalue weighted by Crippen LogP contribution is -2.40. The van der Waals surface area contributed by atoms with Crippen molar-refractivity contribution in [1.29, 1.82) is 0 Å². The van der Waals surface area contributed by atoms with Crippen molar-refractivity contribution in [2.75, 3.05) is 0 Å². The van der Waals surface area contributed by atoms with Crippen LogP contribution in [0.5, 0.6) is 0 Å². The first-order valence-electron chi connectivity index (χ1n) is 12.3. The number of carbonyl (C=O) groups is 1. The maximum Gasteiger partial charge on any atom is 0.271 e. The standard InChI is InChI=1S/C28H27FN4O3S/c1-18-15-20(19(2)31(18)22-11-8-12-23(17-22)33(35)36)16-26-27(34)32(21-9-4-3-5-10-21)28(37-26)30-25-14-7-6-13-24(25)29/h6-8,11-17,21H,3-5,9-10H2,1-2H3/b26-16-,30-28?. The summed E-state index contributed by atoms with van der Waals surface area (Å²) in [5.74, 6) is -0.545. The predicted octanol–water partition coefficient (Wildman–Crippen LogP) is 7.08. The normalized spacial score (nSPS) is 18.8. The molecule has 1 saturated heterocycles. The molecule has 190 valence electrons. The molecule has 0 unspecified atom stereocenters. The van der Waals surface area contributed by atoms with Crippen LogP contribution in [0.3, 0.4) is 0 Å². The molecule has 3 aromatic rings. The Hall–Kier alpha value is -3.72. The van der Waals surface area contributed by atoms with E-state index >= 15 is 0 Å². The SMILES string of the molecule is Cc1cc(/C=C2\SC(=Nc3ccccc3F)N(C3CCCCC3)C2=O)c(C)n1-c1cccc([N+](=O)[O-])c1. The molecule has 0 atom stereocenters. The van der Waals surface area contributed by atoms with Crippen LogP contribution in [-0.2, 0) is 4.79 Å². The van der Waals surface area contributed by atoms with Gasteiger partial charge in [0.1, 0.15) is 11.5 Å². The molecule has 0 N–H and O–H groups in total. The summed E-state index contributed by atoms with van der Waals surface area (Å²) in [5.41, 5.74) is 3.51. The number of hydrogen-bond donors (Lipinski definition) is 0. The van der Waals surface area contributed by atoms with Gasteiger partial charge < -0.3 is 4.57 Å². The average molecular weight is 519 g/mol. The number of non-ortho nitro benzene ring substituents is 1. The second-order valence-corrected chi connectivity index (χ2v) is 10.4. The Morgan fingerprint density at radius 3 is 2.57 bits per heavy atom. The first-order valence-corrected chi connectivity index (χ1v) is 13.1. The van der Waals surface area contributed by atoms with Gasteiger partial charge in [-0.25, -0.2) is 9.38 Å². The van der Waals surface area contributed by atoms with Crippen LogP contribution in [0.1, 0.15) is 49.1 Å². The van der Waals surface area contributed by atoms with E-state index < -0.39 is 10.7 Å². The number of aromatic nitrogens is 1. The predicted molar refractivity (Wildman–Crippen MR) is 145 cm³/mol. The second kappa shape index (κ2) is 10.3. The lowest BCUT2D eigenvalue weighted by molar-refractivity contribution is -0.384. The van der Waals surface area contributed by atoms with Gasteiger partial charge in [-0.1, -0.05) is 37.5 Å². The first kappa shape index (κ1) is 25.0. The number of hydrogen-bond acceptors (Lipinski definition) is 5. The number of amides is 1. The van der Waals surface area contributed by atoms with E-state index in [1.165, 1.54) is 30.0 Å². The van der Waals surface area contributed by atoms with Crippen LogP contribution in [0.25, 0.3) is 11.8 Å². The van der Waals surface area contributed by atoms with Crippen molar-refractivity contribution in [2.45, 2.75) is 52.0 Å². The van der Waals surface area contributed by atoms with Crippen molar-refractivity contribution < 1.29 is 14.1 Å². The minimum Gasteiger partial charge on any atom is -0.318 e. The maximum atomic E-state index is 14.4. The van der Waals surface area contributed by atoms with Crippen molar-refractivity contribution in [3.05, 3.63) is 92.4 Å². The number of benzene rings is 2. The van der Waals surface area contributed by atoms with Crippen molar-refractivity contribution >= 4 is 40.3 Å². The highest BCUT2D eigenvalue weighted by Crippen LogP contribution is 2.39. The lowest BCUT2D eigenvalue weighted by Gasteiger charge is -2.30. The number of aliphatic imine (C=N–C) groups is 1. The van der Waals surface area contributed by atoms with Crippen molar-refractivity contribution in [3.8, 4) is 5.69 Å². The molecule has 0 spiro atoms. The van der Waals surface area contributed by atoms with Crippen LogP contribution >= 0.6 is 11.8 Å². The van der Waals surface area contributed by atoms with E-state index in [2.05, 4.69) is 4.99 Å². The average Bonchev–Trinajstić information content (AvgIpc) is 3.35. The van der Waals surface area contributed by atoms with Crippen LogP contribution in [0.15, 0.2) is 64.5 Å². The third-order valence-electron chi connectivity index (χ3n) is 6.90. The van der Waals surface area contributed by atoms with E-state index in [1.807, 2.05) is 36.6 Å². The summed E-state index contributed by atoms with van der Waals surface area (Å²) in [7, 11) is 0. The molecule has 0 bridgehead atoms. The number of rotatable bonds is 5. The molecule has 1 aliphatic carbocycles. The summed E-state index contributed by atoms with van der Waals surface area (Å²) in [6.07, 6.45) is 6.90. The smallest absolute Gasteiger partial charge is 0.271 e. The van der Waals surface area contributed by atoms with Crippen molar-refractivity contribution in [1.82, 2.24) is 9.47 Å². The van der Waals surface area contributed by atoms with Gasteiger partial charge in [-0.2, -0.15) is 0 Å². The number of amidine groups is 1. The summed E-state index contributed by atoms with van der Waals surface area (Å²) < 4.78 is 16.4. The molecule has 2 fully saturated rings. The van der Waals surface area contributed by atoms with Gasteiger partial charge >= 0.3 is 0 Å². The largest absolute Gasteiger partial charge is 0.318 e. The third kappa shape index (κ3) is 4.96. The fourth-order valence-corrected chi connectivity index (χ4v) is 6.13. The number of aryl methyl sites for hydroxylation is 1. The molecule has 1 saturated carbocycles. The fraction of sp³-hybridized carbons (Fsp3) is 0.286. The highest BCUT2D eigenvalue weighted by atomic mass is 32.2. The lowest BCUT2D eigenvalue weighted by atomic mass is 9.94. The van der Waals surface area contributed by atoms with Gasteiger partial charge in [0.2, 0.25) is 0 Å². The summed E-state index contributed by atoms with van der Waals surface area (Å²) in [6.45, 7) is 3.85. The van der Waals surface area contributed by atoms with Crippen molar-refractivity contribution in [3.63, 3.8) is 0 Å². The maximum absolute atomic E-state index is 14.4. The Kier molecular flexibility index (Phi) is 6.97. The van der Waals surface area contributed by atoms with E-state index in [0.717, 1.165) is 49.1 Å². The molecule has 0 radical (unpaired) electrons. The first-order chi connectivity index (χ1) is 17.8. The minimum absolute atomic E-state index is 0.0172. The molecule has 1 aromatic heterocycles. The second-order valence-electron chi connectivity index (χ2n) is 9.36. The Morgan fingerprint density at radius 1 is 1.08 bits per heavy atom. The molecule has 2 aliphatic rings. The van der Waals surface area contributed by atoms with Gasteiger partial charge in [0.15, 0.2) is 5.17 Å². The van der Waals surface area contributed by atoms with E-state index in [4.69, 9.17) is 0 Å². The van der Waals surface area contributed by atoms with Crippen molar-refractivity contribution in [2.24, 2.45) is 4.99 Å². The highest BCUT2D eigenvalue weighted by molar-refractivity contribution is 8.18. The molecule has 2 aromatic carbocycles. The minimum atomic E-state index is -0.426. The quantitative estimate of drug-likeness (QED) is 0.205. The number of nitro groups is 1. The molecule has 7 nitrogen and oxygen atoms in total. The number of nitrogens with zero attached hydrogens (tertiary/aromatic N) is 4. The zero-order valence-electron chi connectivity index (χ0n) is 20.7. The molecule has 5 rings (SSSR count). The molecule has 2 heterocycles. The number of para-hydroxylation sites is 1. The van der Waals surface area contributed by atoms with E-state index in [1.54, 1.807) is 29.2 Å². The molecular formula is C28H27FN4O3S. The summed E-state index contributed by atoms with van der Waals surface area (Å²) in [4.78, 5) is 31.4. The van der Waals surface area contributed by atoms with E-state index in [0.29, 0.717) is 15.8 Å². The van der Waals surface area contributed by atoms with Gasteiger partial charge in [-0.15, -0.1) is 0 Å². The van der Waals surface area contributed by atoms with Gasteiger partial charge in [-0.3, -0.25) is 19.8 Å². The zero-order valence-corrected chi connectivity index (χ0v) is 21.5. The van der Waals surface area contributed by atoms with E-state index in [-0.39, 0.29) is 23.3 Å². The van der Waals surface area contributed by atoms with Gasteiger partial charge in [-0.05, 0) is 74.4 Å². The third-order valence-corrected chi connectivity index (χ3v) is 7.88. The van der Waals surface area contributed by atoms with Crippen LogP contribution in [0.2, 0.25) is 0 Å². The fourth-order valence-electron chi connectivity index (χ4n) is 5.09. The Labute approximate surface area is 218 Å². The van der Waals surface area contributed by atoms with Crippen LogP contribution < -0.4 is 0 Å². The Morgan fingerprint density at radius 2 is 1.84 bits per heavy atom. The van der Waals surface area contributed by atoms with E-state index in [9.17, 15) is 19.3 Å². The zero-order chi connectivity index (χ0) is 26.1. The molecule has 37 heavy (non-hydrogen) atoms. The van der Waals surface area contributed by atoms with Gasteiger partial charge in [0.25, 0.3) is 11.6 Å².